The summed E-state index contributed by atoms with van der Waals surface area (Å²) in [6.07, 6.45) is 75.1. The van der Waals surface area contributed by atoms with Crippen molar-refractivity contribution in [1.29, 1.82) is 0 Å². The minimum absolute atomic E-state index is 0.108. The zero-order valence-electron chi connectivity index (χ0n) is 70.3. The van der Waals surface area contributed by atoms with E-state index in [2.05, 4.69) is 34.6 Å². The largest absolute Gasteiger partial charge is 0.472 e. The topological polar surface area (TPSA) is 237 Å². The van der Waals surface area contributed by atoms with Crippen LogP contribution in [0.15, 0.2) is 0 Å². The molecular formula is C88H172O17P2. The molecule has 0 spiro atoms. The quantitative estimate of drug-likeness (QED) is 0.0222. The second-order valence-electron chi connectivity index (χ2n) is 32.1. The van der Waals surface area contributed by atoms with Crippen molar-refractivity contribution in [2.75, 3.05) is 39.6 Å². The van der Waals surface area contributed by atoms with Gasteiger partial charge in [-0.25, -0.2) is 9.13 Å². The number of aliphatic hydroxyl groups excluding tert-OH is 1. The van der Waals surface area contributed by atoms with Crippen LogP contribution < -0.4 is 0 Å². The Bertz CT molecular complexity index is 2030. The third kappa shape index (κ3) is 81.9. The average Bonchev–Trinajstić information content (AvgIpc) is 0.902. The van der Waals surface area contributed by atoms with E-state index in [4.69, 9.17) is 37.0 Å². The summed E-state index contributed by atoms with van der Waals surface area (Å²) in [6, 6.07) is 0. The highest BCUT2D eigenvalue weighted by Gasteiger charge is 2.30. The fraction of sp³-hybridized carbons (Fsp3) is 0.955. The van der Waals surface area contributed by atoms with E-state index in [0.717, 1.165) is 95.8 Å². The molecule has 0 aromatic rings. The third-order valence-electron chi connectivity index (χ3n) is 20.8. The van der Waals surface area contributed by atoms with Gasteiger partial charge in [-0.05, 0) is 31.6 Å². The molecule has 0 heterocycles. The first-order valence-electron chi connectivity index (χ1n) is 45.6. The van der Waals surface area contributed by atoms with Crippen LogP contribution in [0.4, 0.5) is 0 Å². The molecule has 0 fully saturated rings. The van der Waals surface area contributed by atoms with Crippen LogP contribution in [0.1, 0.15) is 478 Å². The standard InChI is InChI=1S/C88H172O17P2/c1-6-9-12-15-18-21-24-27-30-33-35-37-40-43-46-49-52-59-64-69-73-87(92)104-83(77-98-85(90)71-66-61-56-50-47-44-41-39-36-34-31-28-25-22-19-16-13-10-7-2)79-102-106(94,95)100-75-82(89)76-101-107(96,97)103-80-84(78-99-86(91)72-67-62-57-54-53-55-60-65-70-81(4)5)105-88(93)74-68-63-58-51-48-45-42-38-32-29-26-23-20-17-14-11-8-3/h81-84,89H,6-80H2,1-5H3,(H,94,95)(H,96,97)/t82-,83-,84-/m1/s1. The molecule has 0 rings (SSSR count). The SMILES string of the molecule is CCCCCCCCCCCCCCCCCCCCCCC(=O)O[C@H](COC(=O)CCCCCCCCCCCCCCCCCCCCC)COP(=O)(O)OC[C@@H](O)COP(=O)(O)OC[C@@H](COC(=O)CCCCCCCCCCC(C)C)OC(=O)CCCCCCCCCCCCCCCCCCC. The molecule has 0 radical (unpaired) electrons. The van der Waals surface area contributed by atoms with Crippen LogP contribution in [0.5, 0.6) is 0 Å². The Labute approximate surface area is 658 Å². The van der Waals surface area contributed by atoms with Crippen LogP contribution in [0, 0.1) is 5.92 Å². The van der Waals surface area contributed by atoms with E-state index in [1.807, 2.05) is 0 Å². The van der Waals surface area contributed by atoms with E-state index < -0.39 is 97.5 Å². The van der Waals surface area contributed by atoms with Gasteiger partial charge in [-0.15, -0.1) is 0 Å². The first-order valence-corrected chi connectivity index (χ1v) is 48.6. The van der Waals surface area contributed by atoms with E-state index in [0.29, 0.717) is 25.7 Å². The number of esters is 4. The van der Waals surface area contributed by atoms with Gasteiger partial charge in [0, 0.05) is 25.7 Å². The minimum atomic E-state index is -4.97. The van der Waals surface area contributed by atoms with E-state index in [9.17, 15) is 43.2 Å². The number of carbonyl (C=O) groups excluding carboxylic acids is 4. The average molecular weight is 1560 g/mol. The van der Waals surface area contributed by atoms with Crippen LogP contribution >= 0.6 is 15.6 Å². The molecule has 0 aliphatic heterocycles. The second-order valence-corrected chi connectivity index (χ2v) is 35.0. The van der Waals surface area contributed by atoms with Crippen molar-refractivity contribution < 1.29 is 80.2 Å². The Morgan fingerprint density at radius 2 is 0.430 bits per heavy atom. The molecule has 0 aliphatic carbocycles. The zero-order valence-corrected chi connectivity index (χ0v) is 72.1. The van der Waals surface area contributed by atoms with E-state index >= 15 is 0 Å². The smallest absolute Gasteiger partial charge is 0.462 e. The summed E-state index contributed by atoms with van der Waals surface area (Å²) < 4.78 is 69.0. The van der Waals surface area contributed by atoms with Crippen molar-refractivity contribution in [3.63, 3.8) is 0 Å². The van der Waals surface area contributed by atoms with Gasteiger partial charge in [0.2, 0.25) is 0 Å². The summed E-state index contributed by atoms with van der Waals surface area (Å²) in [6.45, 7) is 7.35. The number of phosphoric acid groups is 2. The Morgan fingerprint density at radius 1 is 0.252 bits per heavy atom. The third-order valence-corrected chi connectivity index (χ3v) is 22.7. The first-order chi connectivity index (χ1) is 52.0. The summed E-state index contributed by atoms with van der Waals surface area (Å²) in [4.78, 5) is 73.3. The number of unbranched alkanes of at least 4 members (excludes halogenated alkanes) is 60. The number of carbonyl (C=O) groups is 4. The molecule has 17 nitrogen and oxygen atoms in total. The molecule has 5 atom stereocenters. The highest BCUT2D eigenvalue weighted by Crippen LogP contribution is 2.45. The van der Waals surface area contributed by atoms with Crippen molar-refractivity contribution in [3.8, 4) is 0 Å². The Kier molecular flexibility index (Phi) is 79.2. The molecule has 0 amide bonds. The maximum atomic E-state index is 13.2. The van der Waals surface area contributed by atoms with Gasteiger partial charge in [0.1, 0.15) is 19.3 Å². The van der Waals surface area contributed by atoms with Crippen molar-refractivity contribution in [3.05, 3.63) is 0 Å². The number of aliphatic hydroxyl groups is 1. The molecule has 0 bridgehead atoms. The van der Waals surface area contributed by atoms with Gasteiger partial charge in [0.15, 0.2) is 12.2 Å². The van der Waals surface area contributed by atoms with Crippen LogP contribution in [-0.2, 0) is 65.4 Å². The van der Waals surface area contributed by atoms with Crippen LogP contribution in [0.2, 0.25) is 0 Å². The van der Waals surface area contributed by atoms with Gasteiger partial charge < -0.3 is 33.8 Å². The number of rotatable bonds is 88. The van der Waals surface area contributed by atoms with Gasteiger partial charge >= 0.3 is 39.5 Å². The lowest BCUT2D eigenvalue weighted by atomic mass is 10.0. The maximum Gasteiger partial charge on any atom is 0.472 e. The molecular weight excluding hydrogens is 1390 g/mol. The molecule has 0 saturated carbocycles. The fourth-order valence-corrected chi connectivity index (χ4v) is 15.4. The lowest BCUT2D eigenvalue weighted by Gasteiger charge is -2.21. The maximum absolute atomic E-state index is 13.2. The molecule has 0 aliphatic rings. The van der Waals surface area contributed by atoms with Crippen molar-refractivity contribution in [2.24, 2.45) is 5.92 Å². The number of ether oxygens (including phenoxy) is 4. The number of phosphoric ester groups is 2. The van der Waals surface area contributed by atoms with Crippen LogP contribution in [0.25, 0.3) is 0 Å². The minimum Gasteiger partial charge on any atom is -0.462 e. The van der Waals surface area contributed by atoms with Gasteiger partial charge in [0.25, 0.3) is 0 Å². The lowest BCUT2D eigenvalue weighted by molar-refractivity contribution is -0.161. The Hall–Kier alpha value is -1.94. The van der Waals surface area contributed by atoms with Crippen LogP contribution in [-0.4, -0.2) is 96.7 Å². The zero-order chi connectivity index (χ0) is 78.3. The molecule has 19 heteroatoms. The molecule has 0 aromatic heterocycles. The van der Waals surface area contributed by atoms with Gasteiger partial charge in [-0.3, -0.25) is 37.3 Å². The highest BCUT2D eigenvalue weighted by atomic mass is 31.2. The lowest BCUT2D eigenvalue weighted by Crippen LogP contribution is -2.30. The van der Waals surface area contributed by atoms with Crippen molar-refractivity contribution in [2.45, 2.75) is 496 Å². The molecule has 2 unspecified atom stereocenters. The summed E-state index contributed by atoms with van der Waals surface area (Å²) in [5.41, 5.74) is 0. The van der Waals surface area contributed by atoms with E-state index in [-0.39, 0.29) is 25.7 Å². The van der Waals surface area contributed by atoms with E-state index in [1.165, 1.54) is 302 Å². The highest BCUT2D eigenvalue weighted by molar-refractivity contribution is 7.47. The number of hydrogen-bond donors (Lipinski definition) is 3. The summed E-state index contributed by atoms with van der Waals surface area (Å²) in [7, 11) is -9.93. The van der Waals surface area contributed by atoms with E-state index in [1.54, 1.807) is 0 Å². The first kappa shape index (κ1) is 105. The van der Waals surface area contributed by atoms with Crippen molar-refractivity contribution >= 4 is 39.5 Å². The summed E-state index contributed by atoms with van der Waals surface area (Å²) in [5, 5.41) is 10.7. The molecule has 107 heavy (non-hydrogen) atoms. The number of hydrogen-bond acceptors (Lipinski definition) is 15. The summed E-state index contributed by atoms with van der Waals surface area (Å²) in [5.74, 6) is -1.37. The summed E-state index contributed by atoms with van der Waals surface area (Å²) >= 11 is 0. The monoisotopic (exact) mass is 1560 g/mol. The van der Waals surface area contributed by atoms with Gasteiger partial charge in [-0.2, -0.15) is 0 Å². The van der Waals surface area contributed by atoms with Gasteiger partial charge in [-0.1, -0.05) is 426 Å². The molecule has 3 N–H and O–H groups in total. The van der Waals surface area contributed by atoms with Crippen molar-refractivity contribution in [1.82, 2.24) is 0 Å². The Balaban J connectivity index is 5.24. The Morgan fingerprint density at radius 3 is 0.636 bits per heavy atom. The predicted octanol–water partition coefficient (Wildman–Crippen LogP) is 27.2. The molecule has 0 saturated heterocycles. The molecule has 0 aromatic carbocycles. The molecule has 636 valence electrons. The normalized spacial score (nSPS) is 13.7. The predicted molar refractivity (Wildman–Crippen MR) is 442 cm³/mol. The fourth-order valence-electron chi connectivity index (χ4n) is 13.8. The second kappa shape index (κ2) is 80.7. The van der Waals surface area contributed by atoms with Gasteiger partial charge in [0.05, 0.1) is 26.4 Å². The van der Waals surface area contributed by atoms with Crippen LogP contribution in [0.3, 0.4) is 0 Å².